The normalized spacial score (nSPS) is 20.6. The van der Waals surface area contributed by atoms with Crippen molar-refractivity contribution in [3.63, 3.8) is 0 Å². The van der Waals surface area contributed by atoms with Gasteiger partial charge in [0.1, 0.15) is 5.82 Å². The van der Waals surface area contributed by atoms with E-state index in [1.54, 1.807) is 6.07 Å². The summed E-state index contributed by atoms with van der Waals surface area (Å²) in [6.45, 7) is 8.17. The Bertz CT molecular complexity index is 413. The van der Waals surface area contributed by atoms with Crippen LogP contribution in [0.25, 0.3) is 0 Å². The van der Waals surface area contributed by atoms with Gasteiger partial charge in [-0.25, -0.2) is 4.39 Å². The molecule has 3 heteroatoms. The second kappa shape index (κ2) is 4.30. The summed E-state index contributed by atoms with van der Waals surface area (Å²) < 4.78 is 14.0. The molecule has 1 atom stereocenters. The third kappa shape index (κ3) is 2.60. The third-order valence-electron chi connectivity index (χ3n) is 3.52. The molecule has 0 aliphatic carbocycles. The van der Waals surface area contributed by atoms with Gasteiger partial charge in [-0.05, 0) is 36.5 Å². The molecule has 94 valence electrons. The van der Waals surface area contributed by atoms with Crippen molar-refractivity contribution < 1.29 is 4.39 Å². The summed E-state index contributed by atoms with van der Waals surface area (Å²) in [5, 5.41) is 0. The SMILES string of the molecule is C[C@@H](N)c1ccc(N2CCC(C)(C)C2)c(F)c1. The molecule has 0 bridgehead atoms. The molecule has 17 heavy (non-hydrogen) atoms. The Morgan fingerprint density at radius 3 is 2.59 bits per heavy atom. The van der Waals surface area contributed by atoms with Crippen molar-refractivity contribution >= 4 is 5.69 Å². The van der Waals surface area contributed by atoms with Crippen molar-refractivity contribution in [1.82, 2.24) is 0 Å². The molecular weight excluding hydrogens is 215 g/mol. The fourth-order valence-electron chi connectivity index (χ4n) is 2.38. The molecule has 1 aliphatic heterocycles. The number of anilines is 1. The fourth-order valence-corrected chi connectivity index (χ4v) is 2.38. The summed E-state index contributed by atoms with van der Waals surface area (Å²) in [5.41, 5.74) is 7.59. The minimum absolute atomic E-state index is 0.117. The summed E-state index contributed by atoms with van der Waals surface area (Å²) in [6.07, 6.45) is 1.11. The second-order valence-electron chi connectivity index (χ2n) is 5.84. The zero-order chi connectivity index (χ0) is 12.6. The van der Waals surface area contributed by atoms with Crippen LogP contribution in [-0.4, -0.2) is 13.1 Å². The molecule has 0 spiro atoms. The number of halogens is 1. The van der Waals surface area contributed by atoms with E-state index in [-0.39, 0.29) is 17.3 Å². The highest BCUT2D eigenvalue weighted by Gasteiger charge is 2.30. The summed E-state index contributed by atoms with van der Waals surface area (Å²) >= 11 is 0. The fraction of sp³-hybridized carbons (Fsp3) is 0.571. The quantitative estimate of drug-likeness (QED) is 0.855. The molecule has 0 aromatic heterocycles. The van der Waals surface area contributed by atoms with E-state index < -0.39 is 0 Å². The zero-order valence-corrected chi connectivity index (χ0v) is 10.8. The van der Waals surface area contributed by atoms with Gasteiger partial charge in [0.25, 0.3) is 0 Å². The second-order valence-corrected chi connectivity index (χ2v) is 5.84. The first kappa shape index (κ1) is 12.4. The van der Waals surface area contributed by atoms with E-state index in [0.717, 1.165) is 25.1 Å². The molecule has 1 heterocycles. The Kier molecular flexibility index (Phi) is 3.13. The Labute approximate surface area is 103 Å². The molecule has 1 fully saturated rings. The van der Waals surface area contributed by atoms with Crippen LogP contribution in [0.1, 0.15) is 38.8 Å². The van der Waals surface area contributed by atoms with Crippen molar-refractivity contribution in [3.05, 3.63) is 29.6 Å². The molecule has 2 rings (SSSR count). The summed E-state index contributed by atoms with van der Waals surface area (Å²) in [7, 11) is 0. The van der Waals surface area contributed by atoms with Gasteiger partial charge < -0.3 is 10.6 Å². The van der Waals surface area contributed by atoms with Crippen molar-refractivity contribution in [3.8, 4) is 0 Å². The first-order valence-corrected chi connectivity index (χ1v) is 6.19. The van der Waals surface area contributed by atoms with Crippen LogP contribution >= 0.6 is 0 Å². The molecule has 0 amide bonds. The minimum atomic E-state index is -0.155. The number of benzene rings is 1. The lowest BCUT2D eigenvalue weighted by Gasteiger charge is -2.22. The highest BCUT2D eigenvalue weighted by atomic mass is 19.1. The Morgan fingerprint density at radius 2 is 2.12 bits per heavy atom. The lowest BCUT2D eigenvalue weighted by molar-refractivity contribution is 0.418. The van der Waals surface area contributed by atoms with E-state index in [1.165, 1.54) is 0 Å². The molecule has 1 aromatic carbocycles. The van der Waals surface area contributed by atoms with Crippen LogP contribution in [0.2, 0.25) is 0 Å². The third-order valence-corrected chi connectivity index (χ3v) is 3.52. The van der Waals surface area contributed by atoms with Gasteiger partial charge in [-0.3, -0.25) is 0 Å². The van der Waals surface area contributed by atoms with E-state index in [0.29, 0.717) is 5.69 Å². The maximum absolute atomic E-state index is 14.0. The Balaban J connectivity index is 2.23. The Hall–Kier alpha value is -1.09. The van der Waals surface area contributed by atoms with E-state index in [4.69, 9.17) is 5.73 Å². The van der Waals surface area contributed by atoms with Gasteiger partial charge in [0.15, 0.2) is 0 Å². The van der Waals surface area contributed by atoms with Crippen molar-refractivity contribution in [1.29, 1.82) is 0 Å². The van der Waals surface area contributed by atoms with Crippen LogP contribution in [-0.2, 0) is 0 Å². The predicted octanol–water partition coefficient (Wildman–Crippen LogP) is 3.08. The topological polar surface area (TPSA) is 29.3 Å². The molecule has 1 aromatic rings. The van der Waals surface area contributed by atoms with E-state index in [9.17, 15) is 4.39 Å². The maximum atomic E-state index is 14.0. The van der Waals surface area contributed by atoms with Crippen LogP contribution in [0.15, 0.2) is 18.2 Å². The minimum Gasteiger partial charge on any atom is -0.369 e. The van der Waals surface area contributed by atoms with Crippen LogP contribution in [0, 0.1) is 11.2 Å². The zero-order valence-electron chi connectivity index (χ0n) is 10.8. The summed E-state index contributed by atoms with van der Waals surface area (Å²) in [4.78, 5) is 2.13. The van der Waals surface area contributed by atoms with Crippen molar-refractivity contribution in [2.75, 3.05) is 18.0 Å². The first-order valence-electron chi connectivity index (χ1n) is 6.19. The Morgan fingerprint density at radius 1 is 1.41 bits per heavy atom. The van der Waals surface area contributed by atoms with Gasteiger partial charge in [0.2, 0.25) is 0 Å². The number of nitrogens with two attached hydrogens (primary N) is 1. The van der Waals surface area contributed by atoms with Crippen LogP contribution in [0.3, 0.4) is 0 Å². The standard InChI is InChI=1S/C14H21FN2/c1-10(16)11-4-5-13(12(15)8-11)17-7-6-14(2,3)9-17/h4-5,8,10H,6-7,9,16H2,1-3H3/t10-/m1/s1. The molecule has 1 saturated heterocycles. The number of rotatable bonds is 2. The van der Waals surface area contributed by atoms with Crippen molar-refractivity contribution in [2.24, 2.45) is 11.1 Å². The summed E-state index contributed by atoms with van der Waals surface area (Å²) in [6, 6.07) is 5.23. The van der Waals surface area contributed by atoms with Gasteiger partial charge in [-0.1, -0.05) is 19.9 Å². The average molecular weight is 236 g/mol. The molecular formula is C14H21FN2. The molecule has 2 N–H and O–H groups in total. The molecule has 2 nitrogen and oxygen atoms in total. The molecule has 0 saturated carbocycles. The molecule has 1 aliphatic rings. The van der Waals surface area contributed by atoms with Gasteiger partial charge in [0.05, 0.1) is 5.69 Å². The van der Waals surface area contributed by atoms with Gasteiger partial charge >= 0.3 is 0 Å². The summed E-state index contributed by atoms with van der Waals surface area (Å²) in [5.74, 6) is -0.155. The molecule has 0 radical (unpaired) electrons. The monoisotopic (exact) mass is 236 g/mol. The smallest absolute Gasteiger partial charge is 0.146 e. The average Bonchev–Trinajstić information content (AvgIpc) is 2.58. The van der Waals surface area contributed by atoms with Crippen LogP contribution < -0.4 is 10.6 Å². The van der Waals surface area contributed by atoms with Crippen LogP contribution in [0.5, 0.6) is 0 Å². The first-order chi connectivity index (χ1) is 7.89. The lowest BCUT2D eigenvalue weighted by Crippen LogP contribution is -2.23. The highest BCUT2D eigenvalue weighted by molar-refractivity contribution is 5.50. The number of hydrogen-bond donors (Lipinski definition) is 1. The molecule has 0 unspecified atom stereocenters. The highest BCUT2D eigenvalue weighted by Crippen LogP contribution is 2.34. The van der Waals surface area contributed by atoms with E-state index in [2.05, 4.69) is 18.7 Å². The number of hydrogen-bond acceptors (Lipinski definition) is 2. The van der Waals surface area contributed by atoms with Gasteiger partial charge in [0, 0.05) is 19.1 Å². The lowest BCUT2D eigenvalue weighted by atomic mass is 9.93. The van der Waals surface area contributed by atoms with E-state index in [1.807, 2.05) is 19.1 Å². The van der Waals surface area contributed by atoms with Crippen molar-refractivity contribution in [2.45, 2.75) is 33.2 Å². The van der Waals surface area contributed by atoms with Gasteiger partial charge in [-0.2, -0.15) is 0 Å². The van der Waals surface area contributed by atoms with E-state index >= 15 is 0 Å². The van der Waals surface area contributed by atoms with Gasteiger partial charge in [-0.15, -0.1) is 0 Å². The van der Waals surface area contributed by atoms with Crippen LogP contribution in [0.4, 0.5) is 10.1 Å². The number of nitrogens with zero attached hydrogens (tertiary/aromatic N) is 1. The predicted molar refractivity (Wildman–Crippen MR) is 69.6 cm³/mol. The maximum Gasteiger partial charge on any atom is 0.146 e. The largest absolute Gasteiger partial charge is 0.369 e.